The first-order valence-corrected chi connectivity index (χ1v) is 11.1. The topological polar surface area (TPSA) is 66.5 Å². The maximum atomic E-state index is 13.8. The molecule has 5 nitrogen and oxygen atoms in total. The quantitative estimate of drug-likeness (QED) is 0.630. The summed E-state index contributed by atoms with van der Waals surface area (Å²) in [4.78, 5) is 40.4. The number of rotatable bonds is 4. The van der Waals surface area contributed by atoms with E-state index in [1.54, 1.807) is 23.1 Å². The molecule has 0 bridgehead atoms. The minimum absolute atomic E-state index is 0.179. The molecule has 8 heteroatoms. The van der Waals surface area contributed by atoms with Crippen LogP contribution in [-0.4, -0.2) is 40.6 Å². The van der Waals surface area contributed by atoms with Crippen LogP contribution >= 0.6 is 39.1 Å². The first-order chi connectivity index (χ1) is 14.2. The molecule has 2 heterocycles. The van der Waals surface area contributed by atoms with Gasteiger partial charge in [-0.2, -0.15) is 0 Å². The van der Waals surface area contributed by atoms with E-state index in [0.29, 0.717) is 35.0 Å². The number of amides is 2. The van der Waals surface area contributed by atoms with E-state index in [0.717, 1.165) is 10.0 Å². The summed E-state index contributed by atoms with van der Waals surface area (Å²) in [5.74, 6) is -1.59. The van der Waals surface area contributed by atoms with Crippen molar-refractivity contribution in [2.75, 3.05) is 6.54 Å². The van der Waals surface area contributed by atoms with Crippen LogP contribution < -0.4 is 5.32 Å². The van der Waals surface area contributed by atoms with Gasteiger partial charge in [0.05, 0.1) is 0 Å². The molecule has 1 N–H and O–H groups in total. The van der Waals surface area contributed by atoms with Gasteiger partial charge in [-0.1, -0.05) is 51.3 Å². The highest BCUT2D eigenvalue weighted by atomic mass is 79.9. The number of halogens is 3. The van der Waals surface area contributed by atoms with Crippen molar-refractivity contribution >= 4 is 56.7 Å². The monoisotopic (exact) mass is 508 g/mol. The van der Waals surface area contributed by atoms with Gasteiger partial charge in [-0.3, -0.25) is 14.4 Å². The van der Waals surface area contributed by atoms with Crippen LogP contribution in [0, 0.1) is 0 Å². The van der Waals surface area contributed by atoms with Crippen LogP contribution in [0.4, 0.5) is 0 Å². The zero-order chi connectivity index (χ0) is 21.6. The van der Waals surface area contributed by atoms with Crippen molar-refractivity contribution in [2.45, 2.75) is 37.3 Å². The Bertz CT molecular complexity index is 1020. The van der Waals surface area contributed by atoms with Gasteiger partial charge in [0.15, 0.2) is 5.78 Å². The summed E-state index contributed by atoms with van der Waals surface area (Å²) in [6.07, 6.45) is 0.754. The second-order valence-corrected chi connectivity index (χ2v) is 9.67. The lowest BCUT2D eigenvalue weighted by atomic mass is 9.80. The average Bonchev–Trinajstić information content (AvgIpc) is 3.09. The Kier molecular flexibility index (Phi) is 5.68. The molecule has 0 radical (unpaired) electrons. The Morgan fingerprint density at radius 2 is 1.80 bits per heavy atom. The molecule has 2 aliphatic heterocycles. The van der Waals surface area contributed by atoms with Gasteiger partial charge in [-0.25, -0.2) is 0 Å². The fourth-order valence-electron chi connectivity index (χ4n) is 4.66. The van der Waals surface area contributed by atoms with Crippen LogP contribution in [0.2, 0.25) is 10.0 Å². The zero-order valence-electron chi connectivity index (χ0n) is 16.1. The zero-order valence-corrected chi connectivity index (χ0v) is 19.2. The van der Waals surface area contributed by atoms with Crippen molar-refractivity contribution < 1.29 is 14.4 Å². The summed E-state index contributed by atoms with van der Waals surface area (Å²) < 4.78 is 0.934. The Balaban J connectivity index is 1.75. The standard InChI is InChI=1S/C22H19BrCl2N2O3/c1-12(28)26-18-10-22(9-13-2-4-15(23)5-3-13)20(29)19(21(30)27(22)11-18)14-6-16(24)8-17(25)7-14/h2-8,18-19H,9-11H2,1H3,(H,26,28)/t18-,19?,22-/m0/s1. The molecule has 0 aliphatic carbocycles. The van der Waals surface area contributed by atoms with Crippen LogP contribution in [-0.2, 0) is 20.8 Å². The van der Waals surface area contributed by atoms with E-state index in [1.165, 1.54) is 6.92 Å². The second-order valence-electron chi connectivity index (χ2n) is 7.89. The molecule has 1 unspecified atom stereocenters. The molecule has 0 spiro atoms. The van der Waals surface area contributed by atoms with E-state index < -0.39 is 11.5 Å². The van der Waals surface area contributed by atoms with E-state index in [2.05, 4.69) is 21.2 Å². The third kappa shape index (κ3) is 3.77. The third-order valence-corrected chi connectivity index (χ3v) is 6.74. The van der Waals surface area contributed by atoms with Crippen LogP contribution in [0.25, 0.3) is 0 Å². The number of hydrogen-bond donors (Lipinski definition) is 1. The van der Waals surface area contributed by atoms with Crippen LogP contribution in [0.1, 0.15) is 30.4 Å². The number of benzene rings is 2. The van der Waals surface area contributed by atoms with Crippen molar-refractivity contribution in [1.82, 2.24) is 10.2 Å². The van der Waals surface area contributed by atoms with E-state index in [4.69, 9.17) is 23.2 Å². The fraction of sp³-hybridized carbons (Fsp3) is 0.318. The Hall–Kier alpha value is -1.89. The molecular formula is C22H19BrCl2N2O3. The lowest BCUT2D eigenvalue weighted by Gasteiger charge is -2.30. The molecule has 3 atom stereocenters. The van der Waals surface area contributed by atoms with Crippen molar-refractivity contribution in [1.29, 1.82) is 0 Å². The number of fused-ring (bicyclic) bond motifs is 1. The van der Waals surface area contributed by atoms with Crippen LogP contribution in [0.3, 0.4) is 0 Å². The lowest BCUT2D eigenvalue weighted by molar-refractivity contribution is -0.131. The van der Waals surface area contributed by atoms with Crippen LogP contribution in [0.15, 0.2) is 46.9 Å². The van der Waals surface area contributed by atoms with E-state index in [1.807, 2.05) is 24.3 Å². The van der Waals surface area contributed by atoms with Gasteiger partial charge in [-0.15, -0.1) is 0 Å². The first-order valence-electron chi connectivity index (χ1n) is 9.53. The molecule has 30 heavy (non-hydrogen) atoms. The van der Waals surface area contributed by atoms with E-state index >= 15 is 0 Å². The molecule has 0 aromatic heterocycles. The highest BCUT2D eigenvalue weighted by molar-refractivity contribution is 9.10. The summed E-state index contributed by atoms with van der Waals surface area (Å²) in [5.41, 5.74) is 0.429. The molecular weight excluding hydrogens is 491 g/mol. The smallest absolute Gasteiger partial charge is 0.238 e. The van der Waals surface area contributed by atoms with Gasteiger partial charge >= 0.3 is 0 Å². The highest BCUT2D eigenvalue weighted by Gasteiger charge is 2.62. The number of Topliss-reactive ketones (excluding diaryl/α,β-unsaturated/α-hetero) is 1. The van der Waals surface area contributed by atoms with E-state index in [-0.39, 0.29) is 23.6 Å². The Morgan fingerprint density at radius 1 is 1.17 bits per heavy atom. The van der Waals surface area contributed by atoms with E-state index in [9.17, 15) is 14.4 Å². The number of carbonyl (C=O) groups excluding carboxylic acids is 3. The number of ketones is 1. The molecule has 2 amide bonds. The summed E-state index contributed by atoms with van der Waals surface area (Å²) in [7, 11) is 0. The van der Waals surface area contributed by atoms with Gasteiger partial charge < -0.3 is 10.2 Å². The van der Waals surface area contributed by atoms with Gasteiger partial charge in [0.1, 0.15) is 11.5 Å². The van der Waals surface area contributed by atoms with Gasteiger partial charge in [0, 0.05) is 46.9 Å². The Morgan fingerprint density at radius 3 is 2.40 bits per heavy atom. The lowest BCUT2D eigenvalue weighted by Crippen LogP contribution is -2.46. The van der Waals surface area contributed by atoms with Crippen LogP contribution in [0.5, 0.6) is 0 Å². The molecule has 2 aromatic carbocycles. The maximum absolute atomic E-state index is 13.8. The number of carbonyl (C=O) groups is 3. The SMILES string of the molecule is CC(=O)N[C@@H]1CN2C(=O)C(c3cc(Cl)cc(Cl)c3)C(=O)[C@]2(Cc2ccc(Br)cc2)C1. The highest BCUT2D eigenvalue weighted by Crippen LogP contribution is 2.46. The minimum atomic E-state index is -1.02. The Labute approximate surface area is 192 Å². The van der Waals surface area contributed by atoms with Crippen molar-refractivity contribution in [2.24, 2.45) is 0 Å². The van der Waals surface area contributed by atoms with Crippen molar-refractivity contribution in [3.63, 3.8) is 0 Å². The maximum Gasteiger partial charge on any atom is 0.238 e. The second kappa shape index (κ2) is 7.98. The average molecular weight is 510 g/mol. The molecule has 2 fully saturated rings. The number of hydrogen-bond acceptors (Lipinski definition) is 3. The van der Waals surface area contributed by atoms with Crippen molar-refractivity contribution in [3.8, 4) is 0 Å². The predicted octanol–water partition coefficient (Wildman–Crippen LogP) is 4.14. The molecule has 4 rings (SSSR count). The summed E-state index contributed by atoms with van der Waals surface area (Å²) in [5, 5.41) is 3.63. The summed E-state index contributed by atoms with van der Waals surface area (Å²) in [6.45, 7) is 1.73. The predicted molar refractivity (Wildman–Crippen MR) is 119 cm³/mol. The summed E-state index contributed by atoms with van der Waals surface area (Å²) >= 11 is 15.7. The molecule has 156 valence electrons. The molecule has 2 aromatic rings. The van der Waals surface area contributed by atoms with Crippen molar-refractivity contribution in [3.05, 3.63) is 68.1 Å². The number of nitrogens with zero attached hydrogens (tertiary/aromatic N) is 1. The minimum Gasteiger partial charge on any atom is -0.352 e. The third-order valence-electron chi connectivity index (χ3n) is 5.77. The fourth-order valence-corrected chi connectivity index (χ4v) is 5.47. The van der Waals surface area contributed by atoms with Gasteiger partial charge in [0.25, 0.3) is 0 Å². The molecule has 2 saturated heterocycles. The normalized spacial score (nSPS) is 25.5. The molecule has 2 aliphatic rings. The molecule has 0 saturated carbocycles. The first kappa shape index (κ1) is 21.3. The van der Waals surface area contributed by atoms with Gasteiger partial charge in [-0.05, 0) is 41.5 Å². The number of nitrogens with one attached hydrogen (secondary N) is 1. The largest absolute Gasteiger partial charge is 0.352 e. The van der Waals surface area contributed by atoms with Gasteiger partial charge in [0.2, 0.25) is 11.8 Å². The summed E-state index contributed by atoms with van der Waals surface area (Å²) in [6, 6.07) is 12.2.